The highest BCUT2D eigenvalue weighted by molar-refractivity contribution is 9.10. The van der Waals surface area contributed by atoms with E-state index >= 15 is 0 Å². The fourth-order valence-electron chi connectivity index (χ4n) is 2.14. The third-order valence-electron chi connectivity index (χ3n) is 2.92. The maximum Gasteiger partial charge on any atom is 0.124 e. The first-order chi connectivity index (χ1) is 8.52. The minimum absolute atomic E-state index is 0.142. The van der Waals surface area contributed by atoms with E-state index in [1.807, 2.05) is 11.4 Å². The molecule has 0 spiro atoms. The number of ether oxygens (including phenoxy) is 1. The molecule has 1 aromatic carbocycles. The zero-order chi connectivity index (χ0) is 13.3. The van der Waals surface area contributed by atoms with Gasteiger partial charge < -0.3 is 10.5 Å². The molecular formula is C14H16BrNOS. The molecule has 4 heteroatoms. The van der Waals surface area contributed by atoms with Gasteiger partial charge in [0.1, 0.15) is 5.75 Å². The molecule has 0 bridgehead atoms. The van der Waals surface area contributed by atoms with Gasteiger partial charge in [0.25, 0.3) is 0 Å². The Morgan fingerprint density at radius 3 is 2.56 bits per heavy atom. The number of hydrogen-bond acceptors (Lipinski definition) is 3. The Labute approximate surface area is 120 Å². The molecule has 18 heavy (non-hydrogen) atoms. The van der Waals surface area contributed by atoms with Crippen molar-refractivity contribution < 1.29 is 4.74 Å². The Morgan fingerprint density at radius 1 is 1.28 bits per heavy atom. The highest BCUT2D eigenvalue weighted by atomic mass is 79.9. The smallest absolute Gasteiger partial charge is 0.124 e. The van der Waals surface area contributed by atoms with E-state index < -0.39 is 0 Å². The van der Waals surface area contributed by atoms with Crippen LogP contribution in [0.3, 0.4) is 0 Å². The predicted octanol–water partition coefficient (Wildman–Crippen LogP) is 4.18. The second-order valence-electron chi connectivity index (χ2n) is 4.34. The molecule has 1 aromatic heterocycles. The van der Waals surface area contributed by atoms with Gasteiger partial charge in [-0.2, -0.15) is 0 Å². The third-order valence-corrected chi connectivity index (χ3v) is 4.70. The molecule has 0 amide bonds. The second-order valence-corrected chi connectivity index (χ2v) is 6.20. The average molecular weight is 326 g/mol. The van der Waals surface area contributed by atoms with E-state index in [0.717, 1.165) is 20.7 Å². The van der Waals surface area contributed by atoms with Crippen LogP contribution in [-0.2, 0) is 0 Å². The minimum atomic E-state index is -0.142. The number of aryl methyl sites for hydroxylation is 2. The van der Waals surface area contributed by atoms with Crippen molar-refractivity contribution in [2.24, 2.45) is 5.73 Å². The molecule has 0 aliphatic heterocycles. The lowest BCUT2D eigenvalue weighted by atomic mass is 9.97. The largest absolute Gasteiger partial charge is 0.496 e. The van der Waals surface area contributed by atoms with Crippen LogP contribution >= 0.6 is 27.3 Å². The van der Waals surface area contributed by atoms with E-state index in [1.165, 1.54) is 11.1 Å². The molecule has 1 unspecified atom stereocenters. The van der Waals surface area contributed by atoms with E-state index in [2.05, 4.69) is 41.9 Å². The standard InChI is InChI=1S/C14H16BrNOS/c1-8-4-9(2)13(11(5-8)17-3)14(16)12-6-10(15)7-18-12/h4-7,14H,16H2,1-3H3. The molecule has 2 rings (SSSR count). The average Bonchev–Trinajstić information content (AvgIpc) is 2.74. The van der Waals surface area contributed by atoms with E-state index in [4.69, 9.17) is 10.5 Å². The summed E-state index contributed by atoms with van der Waals surface area (Å²) in [5.74, 6) is 0.865. The predicted molar refractivity (Wildman–Crippen MR) is 80.5 cm³/mol. The van der Waals surface area contributed by atoms with Crippen LogP contribution in [0.4, 0.5) is 0 Å². The van der Waals surface area contributed by atoms with Gasteiger partial charge in [0, 0.05) is 20.3 Å². The maximum absolute atomic E-state index is 6.37. The lowest BCUT2D eigenvalue weighted by molar-refractivity contribution is 0.407. The van der Waals surface area contributed by atoms with Crippen LogP contribution < -0.4 is 10.5 Å². The molecule has 1 atom stereocenters. The molecule has 2 nitrogen and oxygen atoms in total. The Bertz CT molecular complexity index is 565. The van der Waals surface area contributed by atoms with Crippen molar-refractivity contribution in [3.8, 4) is 5.75 Å². The highest BCUT2D eigenvalue weighted by Crippen LogP contribution is 2.35. The van der Waals surface area contributed by atoms with Crippen LogP contribution in [0.2, 0.25) is 0 Å². The van der Waals surface area contributed by atoms with Gasteiger partial charge in [-0.3, -0.25) is 0 Å². The topological polar surface area (TPSA) is 35.2 Å². The zero-order valence-corrected chi connectivity index (χ0v) is 13.1. The van der Waals surface area contributed by atoms with Gasteiger partial charge in [0.2, 0.25) is 0 Å². The van der Waals surface area contributed by atoms with E-state index in [1.54, 1.807) is 18.4 Å². The van der Waals surface area contributed by atoms with Gasteiger partial charge >= 0.3 is 0 Å². The van der Waals surface area contributed by atoms with Crippen molar-refractivity contribution in [1.29, 1.82) is 0 Å². The summed E-state index contributed by atoms with van der Waals surface area (Å²) in [6.45, 7) is 4.14. The summed E-state index contributed by atoms with van der Waals surface area (Å²) in [4.78, 5) is 1.13. The molecule has 0 saturated heterocycles. The summed E-state index contributed by atoms with van der Waals surface area (Å²) in [6, 6.07) is 6.09. The van der Waals surface area contributed by atoms with Gasteiger partial charge in [-0.25, -0.2) is 0 Å². The molecule has 2 aromatic rings. The quantitative estimate of drug-likeness (QED) is 0.918. The van der Waals surface area contributed by atoms with Crippen molar-refractivity contribution >= 4 is 27.3 Å². The van der Waals surface area contributed by atoms with Gasteiger partial charge in [-0.15, -0.1) is 11.3 Å². The molecule has 0 radical (unpaired) electrons. The first kappa shape index (κ1) is 13.6. The summed E-state index contributed by atoms with van der Waals surface area (Å²) in [5.41, 5.74) is 9.79. The van der Waals surface area contributed by atoms with Gasteiger partial charge in [0.05, 0.1) is 13.2 Å². The molecule has 0 fully saturated rings. The zero-order valence-electron chi connectivity index (χ0n) is 10.7. The monoisotopic (exact) mass is 325 g/mol. The lowest BCUT2D eigenvalue weighted by Gasteiger charge is -2.18. The Balaban J connectivity index is 2.50. The Morgan fingerprint density at radius 2 is 2.00 bits per heavy atom. The summed E-state index contributed by atoms with van der Waals surface area (Å²) >= 11 is 5.12. The van der Waals surface area contributed by atoms with Crippen LogP contribution in [0.25, 0.3) is 0 Å². The van der Waals surface area contributed by atoms with Crippen molar-refractivity contribution in [2.75, 3.05) is 7.11 Å². The second kappa shape index (κ2) is 5.43. The Kier molecular flexibility index (Phi) is 4.10. The van der Waals surface area contributed by atoms with E-state index in [-0.39, 0.29) is 6.04 Å². The van der Waals surface area contributed by atoms with E-state index in [9.17, 15) is 0 Å². The molecule has 0 aliphatic carbocycles. The minimum Gasteiger partial charge on any atom is -0.496 e. The van der Waals surface area contributed by atoms with Crippen LogP contribution in [-0.4, -0.2) is 7.11 Å². The van der Waals surface area contributed by atoms with Crippen LogP contribution in [0.5, 0.6) is 5.75 Å². The van der Waals surface area contributed by atoms with E-state index in [0.29, 0.717) is 0 Å². The number of hydrogen-bond donors (Lipinski definition) is 1. The molecule has 0 aliphatic rings. The summed E-state index contributed by atoms with van der Waals surface area (Å²) in [7, 11) is 1.69. The van der Waals surface area contributed by atoms with Gasteiger partial charge in [-0.1, -0.05) is 6.07 Å². The fraction of sp³-hybridized carbons (Fsp3) is 0.286. The number of methoxy groups -OCH3 is 1. The number of halogens is 1. The van der Waals surface area contributed by atoms with Crippen LogP contribution in [0.15, 0.2) is 28.1 Å². The first-order valence-corrected chi connectivity index (χ1v) is 7.35. The SMILES string of the molecule is COc1cc(C)cc(C)c1C(N)c1cc(Br)cs1. The number of nitrogens with two attached hydrogens (primary N) is 1. The molecule has 1 heterocycles. The van der Waals surface area contributed by atoms with Crippen LogP contribution in [0, 0.1) is 13.8 Å². The molecule has 0 saturated carbocycles. The summed E-state index contributed by atoms with van der Waals surface area (Å²) in [5, 5.41) is 2.05. The molecule has 2 N–H and O–H groups in total. The Hall–Kier alpha value is -0.840. The van der Waals surface area contributed by atoms with Crippen molar-refractivity contribution in [3.63, 3.8) is 0 Å². The maximum atomic E-state index is 6.37. The highest BCUT2D eigenvalue weighted by Gasteiger charge is 2.18. The summed E-state index contributed by atoms with van der Waals surface area (Å²) in [6.07, 6.45) is 0. The molecular weight excluding hydrogens is 310 g/mol. The van der Waals surface area contributed by atoms with Crippen molar-refractivity contribution in [3.05, 3.63) is 49.6 Å². The van der Waals surface area contributed by atoms with Crippen molar-refractivity contribution in [1.82, 2.24) is 0 Å². The van der Waals surface area contributed by atoms with Crippen LogP contribution in [0.1, 0.15) is 27.6 Å². The summed E-state index contributed by atoms with van der Waals surface area (Å²) < 4.78 is 6.54. The fourth-order valence-corrected chi connectivity index (χ4v) is 3.60. The number of rotatable bonds is 3. The molecule has 96 valence electrons. The van der Waals surface area contributed by atoms with Gasteiger partial charge in [0.15, 0.2) is 0 Å². The number of thiophene rings is 1. The number of benzene rings is 1. The normalized spacial score (nSPS) is 12.5. The van der Waals surface area contributed by atoms with Crippen molar-refractivity contribution in [2.45, 2.75) is 19.9 Å². The van der Waals surface area contributed by atoms with Gasteiger partial charge in [-0.05, 0) is 53.0 Å². The lowest BCUT2D eigenvalue weighted by Crippen LogP contribution is -2.13. The first-order valence-electron chi connectivity index (χ1n) is 5.67. The third kappa shape index (κ3) is 2.60.